The highest BCUT2D eigenvalue weighted by atomic mass is 28.3. The van der Waals surface area contributed by atoms with E-state index < -0.39 is 8.07 Å². The van der Waals surface area contributed by atoms with Crippen molar-refractivity contribution in [3.8, 4) is 11.5 Å². The molecule has 2 atom stereocenters. The number of methoxy groups -OCH3 is 1. The van der Waals surface area contributed by atoms with Crippen LogP contribution >= 0.6 is 0 Å². The number of rotatable bonds is 8. The lowest BCUT2D eigenvalue weighted by atomic mass is 10.1. The van der Waals surface area contributed by atoms with E-state index >= 15 is 0 Å². The SMILES string of the molecule is COC(=O)CCC[C@@H](C#C[Si](C)(C)C)O[C@@H](C)CCO. The normalized spacial score (nSPS) is 14.1. The Morgan fingerprint density at radius 2 is 1.95 bits per heavy atom. The van der Waals surface area contributed by atoms with E-state index in [-0.39, 0.29) is 24.8 Å². The van der Waals surface area contributed by atoms with Crippen molar-refractivity contribution >= 4 is 14.0 Å². The Morgan fingerprint density at radius 1 is 1.30 bits per heavy atom. The molecule has 0 aromatic heterocycles. The van der Waals surface area contributed by atoms with Gasteiger partial charge in [0.15, 0.2) is 0 Å². The minimum absolute atomic E-state index is 0.0286. The minimum Gasteiger partial charge on any atom is -0.469 e. The van der Waals surface area contributed by atoms with Gasteiger partial charge in [0.2, 0.25) is 0 Å². The molecule has 0 amide bonds. The zero-order valence-electron chi connectivity index (χ0n) is 13.4. The summed E-state index contributed by atoms with van der Waals surface area (Å²) in [5, 5.41) is 8.92. The molecule has 0 spiro atoms. The molecule has 0 aromatic carbocycles. The van der Waals surface area contributed by atoms with Crippen molar-refractivity contribution < 1.29 is 19.4 Å². The predicted molar refractivity (Wildman–Crippen MR) is 83.0 cm³/mol. The van der Waals surface area contributed by atoms with Crippen LogP contribution in [0.1, 0.15) is 32.6 Å². The largest absolute Gasteiger partial charge is 0.469 e. The lowest BCUT2D eigenvalue weighted by Gasteiger charge is -2.18. The number of carbonyl (C=O) groups excluding carboxylic acids is 1. The summed E-state index contributed by atoms with van der Waals surface area (Å²) in [6, 6.07) is 0. The molecule has 5 heteroatoms. The van der Waals surface area contributed by atoms with Crippen molar-refractivity contribution in [2.45, 2.75) is 64.5 Å². The number of carbonyl (C=O) groups is 1. The topological polar surface area (TPSA) is 55.8 Å². The van der Waals surface area contributed by atoms with Gasteiger partial charge in [0.1, 0.15) is 14.2 Å². The first-order valence-corrected chi connectivity index (χ1v) is 10.6. The molecule has 0 heterocycles. The van der Waals surface area contributed by atoms with Gasteiger partial charge in [-0.3, -0.25) is 4.79 Å². The first kappa shape index (κ1) is 19.2. The van der Waals surface area contributed by atoms with E-state index in [1.807, 2.05) is 6.92 Å². The fourth-order valence-corrected chi connectivity index (χ4v) is 2.13. The Bertz CT molecular complexity index is 338. The summed E-state index contributed by atoms with van der Waals surface area (Å²) >= 11 is 0. The Kier molecular flexibility index (Phi) is 9.56. The highest BCUT2D eigenvalue weighted by molar-refractivity contribution is 6.83. The molecular formula is C15H28O4Si. The molecule has 0 fully saturated rings. The molecular weight excluding hydrogens is 272 g/mol. The van der Waals surface area contributed by atoms with E-state index in [1.54, 1.807) is 0 Å². The monoisotopic (exact) mass is 300 g/mol. The lowest BCUT2D eigenvalue weighted by Crippen LogP contribution is -2.22. The molecule has 0 saturated carbocycles. The molecule has 20 heavy (non-hydrogen) atoms. The van der Waals surface area contributed by atoms with Gasteiger partial charge in [-0.2, -0.15) is 0 Å². The molecule has 0 aromatic rings. The third-order valence-electron chi connectivity index (χ3n) is 2.62. The van der Waals surface area contributed by atoms with Gasteiger partial charge in [-0.05, 0) is 26.2 Å². The van der Waals surface area contributed by atoms with Gasteiger partial charge in [0, 0.05) is 13.0 Å². The fraction of sp³-hybridized carbons (Fsp3) is 0.800. The van der Waals surface area contributed by atoms with E-state index in [0.29, 0.717) is 25.7 Å². The van der Waals surface area contributed by atoms with Crippen LogP contribution in [-0.4, -0.2) is 45.1 Å². The van der Waals surface area contributed by atoms with Crippen molar-refractivity contribution in [1.82, 2.24) is 0 Å². The summed E-state index contributed by atoms with van der Waals surface area (Å²) in [5.74, 6) is 2.99. The molecule has 0 bridgehead atoms. The van der Waals surface area contributed by atoms with Crippen LogP contribution in [0.5, 0.6) is 0 Å². The van der Waals surface area contributed by atoms with E-state index in [9.17, 15) is 4.79 Å². The number of ether oxygens (including phenoxy) is 2. The molecule has 0 saturated heterocycles. The van der Waals surface area contributed by atoms with Crippen LogP contribution in [0.2, 0.25) is 19.6 Å². The van der Waals surface area contributed by atoms with Crippen molar-refractivity contribution in [2.75, 3.05) is 13.7 Å². The Labute approximate surface area is 123 Å². The summed E-state index contributed by atoms with van der Waals surface area (Å²) in [6.45, 7) is 8.59. The van der Waals surface area contributed by atoms with E-state index in [4.69, 9.17) is 9.84 Å². The molecule has 116 valence electrons. The van der Waals surface area contributed by atoms with Gasteiger partial charge in [0.05, 0.1) is 13.2 Å². The average molecular weight is 300 g/mol. The van der Waals surface area contributed by atoms with E-state index in [0.717, 1.165) is 0 Å². The molecule has 0 aliphatic carbocycles. The van der Waals surface area contributed by atoms with Crippen LogP contribution in [0.3, 0.4) is 0 Å². The number of aliphatic hydroxyl groups is 1. The number of hydrogen-bond acceptors (Lipinski definition) is 4. The Hall–Kier alpha value is -0.833. The van der Waals surface area contributed by atoms with Gasteiger partial charge >= 0.3 is 5.97 Å². The van der Waals surface area contributed by atoms with Crippen LogP contribution in [0.25, 0.3) is 0 Å². The number of esters is 1. The van der Waals surface area contributed by atoms with Crippen LogP contribution in [-0.2, 0) is 14.3 Å². The predicted octanol–water partition coefficient (Wildman–Crippen LogP) is 2.37. The summed E-state index contributed by atoms with van der Waals surface area (Å²) in [4.78, 5) is 11.1. The van der Waals surface area contributed by atoms with E-state index in [2.05, 4.69) is 35.8 Å². The molecule has 0 radical (unpaired) electrons. The third-order valence-corrected chi connectivity index (χ3v) is 3.51. The summed E-state index contributed by atoms with van der Waals surface area (Å²) < 4.78 is 10.5. The average Bonchev–Trinajstić information content (AvgIpc) is 2.34. The molecule has 0 aliphatic heterocycles. The lowest BCUT2D eigenvalue weighted by molar-refractivity contribution is -0.140. The Balaban J connectivity index is 4.45. The summed E-state index contributed by atoms with van der Waals surface area (Å²) in [5.41, 5.74) is 3.31. The minimum atomic E-state index is -1.44. The highest BCUT2D eigenvalue weighted by Crippen LogP contribution is 2.10. The zero-order chi connectivity index (χ0) is 15.6. The number of aliphatic hydroxyl groups excluding tert-OH is 1. The maximum atomic E-state index is 11.1. The van der Waals surface area contributed by atoms with Crippen molar-refractivity contribution in [3.63, 3.8) is 0 Å². The van der Waals surface area contributed by atoms with Crippen LogP contribution in [0.4, 0.5) is 0 Å². The van der Waals surface area contributed by atoms with Crippen LogP contribution in [0, 0.1) is 11.5 Å². The third kappa shape index (κ3) is 11.0. The van der Waals surface area contributed by atoms with Crippen LogP contribution in [0.15, 0.2) is 0 Å². The fourth-order valence-electron chi connectivity index (χ4n) is 1.54. The van der Waals surface area contributed by atoms with Gasteiger partial charge in [-0.25, -0.2) is 0 Å². The molecule has 0 unspecified atom stereocenters. The van der Waals surface area contributed by atoms with Crippen LogP contribution < -0.4 is 0 Å². The second-order valence-corrected chi connectivity index (χ2v) is 10.7. The molecule has 0 rings (SSSR count). The second kappa shape index (κ2) is 9.98. The van der Waals surface area contributed by atoms with Gasteiger partial charge in [-0.15, -0.1) is 5.54 Å². The number of hydrogen-bond donors (Lipinski definition) is 1. The standard InChI is InChI=1S/C15H28O4Si/c1-13(9-11-16)19-14(10-12-20(3,4)5)7-6-8-15(17)18-2/h13-14,16H,6-9,11H2,1-5H3/t13-,14-/m0/s1. The van der Waals surface area contributed by atoms with Gasteiger partial charge in [-0.1, -0.05) is 25.6 Å². The zero-order valence-corrected chi connectivity index (χ0v) is 14.4. The van der Waals surface area contributed by atoms with Crippen molar-refractivity contribution in [1.29, 1.82) is 0 Å². The first-order chi connectivity index (χ1) is 9.28. The smallest absolute Gasteiger partial charge is 0.305 e. The van der Waals surface area contributed by atoms with Crippen molar-refractivity contribution in [3.05, 3.63) is 0 Å². The highest BCUT2D eigenvalue weighted by Gasteiger charge is 2.14. The molecule has 4 nitrogen and oxygen atoms in total. The quantitative estimate of drug-likeness (QED) is 0.425. The first-order valence-electron chi connectivity index (χ1n) is 7.14. The van der Waals surface area contributed by atoms with Gasteiger partial charge in [0.25, 0.3) is 0 Å². The molecule has 0 aliphatic rings. The van der Waals surface area contributed by atoms with E-state index in [1.165, 1.54) is 7.11 Å². The van der Waals surface area contributed by atoms with Gasteiger partial charge < -0.3 is 14.6 Å². The van der Waals surface area contributed by atoms with Crippen molar-refractivity contribution in [2.24, 2.45) is 0 Å². The Morgan fingerprint density at radius 3 is 2.45 bits per heavy atom. The second-order valence-electron chi connectivity index (χ2n) is 5.94. The maximum absolute atomic E-state index is 11.1. The summed E-state index contributed by atoms with van der Waals surface area (Å²) in [6.07, 6.45) is 2.19. The molecule has 1 N–H and O–H groups in total. The maximum Gasteiger partial charge on any atom is 0.305 e. The summed E-state index contributed by atoms with van der Waals surface area (Å²) in [7, 11) is -0.0461.